The van der Waals surface area contributed by atoms with Crippen molar-refractivity contribution in [2.45, 2.75) is 70.6 Å². The summed E-state index contributed by atoms with van der Waals surface area (Å²) in [6.45, 7) is 5.36. The Bertz CT molecular complexity index is 311. The van der Waals surface area contributed by atoms with E-state index in [1.54, 1.807) is 0 Å². The summed E-state index contributed by atoms with van der Waals surface area (Å²) in [4.78, 5) is 11.5. The highest BCUT2D eigenvalue weighted by molar-refractivity contribution is 5.72. The summed E-state index contributed by atoms with van der Waals surface area (Å²) in [5.41, 5.74) is 0. The van der Waals surface area contributed by atoms with Crippen LogP contribution in [0, 0.1) is 11.8 Å². The van der Waals surface area contributed by atoms with Gasteiger partial charge in [0.25, 0.3) is 0 Å². The molecule has 2 rings (SSSR count). The van der Waals surface area contributed by atoms with Crippen LogP contribution in [0.1, 0.15) is 52.4 Å². The third-order valence-corrected chi connectivity index (χ3v) is 4.82. The van der Waals surface area contributed by atoms with Crippen LogP contribution < -0.4 is 5.32 Å². The first-order chi connectivity index (χ1) is 9.60. The van der Waals surface area contributed by atoms with Gasteiger partial charge in [0.1, 0.15) is 0 Å². The van der Waals surface area contributed by atoms with E-state index in [2.05, 4.69) is 19.2 Å². The summed E-state index contributed by atoms with van der Waals surface area (Å²) >= 11 is 0. The Morgan fingerprint density at radius 2 is 1.85 bits per heavy atom. The normalized spacial score (nSPS) is 34.4. The zero-order chi connectivity index (χ0) is 14.5. The van der Waals surface area contributed by atoms with Crippen LogP contribution in [0.5, 0.6) is 0 Å². The minimum atomic E-state index is -0.0549. The van der Waals surface area contributed by atoms with Crippen molar-refractivity contribution < 1.29 is 14.3 Å². The lowest BCUT2D eigenvalue weighted by atomic mass is 9.87. The van der Waals surface area contributed by atoms with Crippen LogP contribution in [0.3, 0.4) is 0 Å². The van der Waals surface area contributed by atoms with Gasteiger partial charge in [-0.15, -0.1) is 0 Å². The van der Waals surface area contributed by atoms with Crippen molar-refractivity contribution in [1.29, 1.82) is 0 Å². The molecule has 2 aliphatic rings. The van der Waals surface area contributed by atoms with Gasteiger partial charge in [-0.2, -0.15) is 0 Å². The van der Waals surface area contributed by atoms with Gasteiger partial charge in [0, 0.05) is 12.1 Å². The van der Waals surface area contributed by atoms with E-state index in [-0.39, 0.29) is 11.9 Å². The molecule has 2 fully saturated rings. The number of carbonyl (C=O) groups excluding carboxylic acids is 1. The van der Waals surface area contributed by atoms with Crippen molar-refractivity contribution in [3.05, 3.63) is 0 Å². The maximum Gasteiger partial charge on any atom is 0.308 e. The van der Waals surface area contributed by atoms with E-state index in [4.69, 9.17) is 9.47 Å². The van der Waals surface area contributed by atoms with Crippen molar-refractivity contribution >= 4 is 5.97 Å². The second kappa shape index (κ2) is 7.41. The van der Waals surface area contributed by atoms with E-state index in [1.165, 1.54) is 20.0 Å². The average Bonchev–Trinajstić information content (AvgIpc) is 2.94. The molecule has 4 nitrogen and oxygen atoms in total. The van der Waals surface area contributed by atoms with E-state index >= 15 is 0 Å². The molecule has 4 heteroatoms. The average molecular weight is 283 g/mol. The number of methoxy groups -OCH3 is 1. The maximum atomic E-state index is 11.5. The van der Waals surface area contributed by atoms with Gasteiger partial charge >= 0.3 is 5.97 Å². The molecule has 0 spiro atoms. The lowest BCUT2D eigenvalue weighted by Gasteiger charge is -2.28. The number of nitrogens with one attached hydrogen (secondary N) is 1. The molecule has 1 heterocycles. The largest absolute Gasteiger partial charge is 0.469 e. The first-order valence-corrected chi connectivity index (χ1v) is 8.05. The van der Waals surface area contributed by atoms with Crippen LogP contribution in [0.2, 0.25) is 0 Å². The molecule has 0 unspecified atom stereocenters. The van der Waals surface area contributed by atoms with Crippen LogP contribution in [0.15, 0.2) is 0 Å². The van der Waals surface area contributed by atoms with Gasteiger partial charge in [-0.25, -0.2) is 0 Å². The fraction of sp³-hybridized carbons (Fsp3) is 0.938. The van der Waals surface area contributed by atoms with Gasteiger partial charge in [-0.1, -0.05) is 13.8 Å². The van der Waals surface area contributed by atoms with Gasteiger partial charge in [0.2, 0.25) is 0 Å². The standard InChI is InChI=1S/C16H29NO3/c1-11(2)15-9-6-13(17-15)10-20-14-7-4-12(5-8-14)16(18)19-3/h11-15,17H,4-10H2,1-3H3/t12?,13-,14?,15+/m0/s1. The molecule has 1 aliphatic heterocycles. The molecule has 0 aromatic carbocycles. The van der Waals surface area contributed by atoms with E-state index in [0.717, 1.165) is 32.3 Å². The molecular formula is C16H29NO3. The van der Waals surface area contributed by atoms with Crippen LogP contribution in [0.25, 0.3) is 0 Å². The smallest absolute Gasteiger partial charge is 0.308 e. The number of rotatable bonds is 5. The van der Waals surface area contributed by atoms with E-state index in [9.17, 15) is 4.79 Å². The highest BCUT2D eigenvalue weighted by atomic mass is 16.5. The predicted molar refractivity (Wildman–Crippen MR) is 78.5 cm³/mol. The van der Waals surface area contributed by atoms with Crippen LogP contribution >= 0.6 is 0 Å². The predicted octanol–water partition coefficient (Wildman–Crippen LogP) is 2.51. The Kier molecular flexibility index (Phi) is 5.85. The quantitative estimate of drug-likeness (QED) is 0.788. The van der Waals surface area contributed by atoms with Crippen LogP contribution in [-0.2, 0) is 14.3 Å². The number of carbonyl (C=O) groups is 1. The van der Waals surface area contributed by atoms with Crippen LogP contribution in [0.4, 0.5) is 0 Å². The van der Waals surface area contributed by atoms with Gasteiger partial charge in [0.05, 0.1) is 25.7 Å². The molecule has 1 aliphatic carbocycles. The molecule has 0 aromatic heterocycles. The minimum absolute atomic E-state index is 0.0549. The number of hydrogen-bond donors (Lipinski definition) is 1. The molecular weight excluding hydrogens is 254 g/mol. The molecule has 0 amide bonds. The molecule has 0 radical (unpaired) electrons. The highest BCUT2D eigenvalue weighted by Crippen LogP contribution is 2.28. The summed E-state index contributed by atoms with van der Waals surface area (Å²) in [6.07, 6.45) is 6.60. The molecule has 1 N–H and O–H groups in total. The first kappa shape index (κ1) is 15.8. The third kappa shape index (κ3) is 4.19. The topological polar surface area (TPSA) is 47.6 Å². The second-order valence-electron chi connectivity index (χ2n) is 6.62. The Morgan fingerprint density at radius 3 is 2.40 bits per heavy atom. The molecule has 20 heavy (non-hydrogen) atoms. The van der Waals surface area contributed by atoms with Gasteiger partial charge < -0.3 is 14.8 Å². The van der Waals surface area contributed by atoms with Crippen molar-refractivity contribution in [3.8, 4) is 0 Å². The fourth-order valence-corrected chi connectivity index (χ4v) is 3.39. The maximum absolute atomic E-state index is 11.5. The van der Waals surface area contributed by atoms with Crippen molar-refractivity contribution in [2.24, 2.45) is 11.8 Å². The zero-order valence-electron chi connectivity index (χ0n) is 13.1. The summed E-state index contributed by atoms with van der Waals surface area (Å²) in [7, 11) is 1.47. The first-order valence-electron chi connectivity index (χ1n) is 8.05. The number of esters is 1. The SMILES string of the molecule is COC(=O)C1CCC(OC[C@@H]2CC[C@H](C(C)C)N2)CC1. The Balaban J connectivity index is 1.63. The summed E-state index contributed by atoms with van der Waals surface area (Å²) in [5, 5.41) is 3.67. The second-order valence-corrected chi connectivity index (χ2v) is 6.62. The summed E-state index contributed by atoms with van der Waals surface area (Å²) in [6, 6.07) is 1.17. The summed E-state index contributed by atoms with van der Waals surface area (Å²) < 4.78 is 10.9. The Labute approximate surface area is 122 Å². The molecule has 0 aromatic rings. The van der Waals surface area contributed by atoms with Gasteiger partial charge in [-0.05, 0) is 44.4 Å². The van der Waals surface area contributed by atoms with Crippen LogP contribution in [-0.4, -0.2) is 37.9 Å². The molecule has 1 saturated heterocycles. The fourth-order valence-electron chi connectivity index (χ4n) is 3.39. The minimum Gasteiger partial charge on any atom is -0.469 e. The Hall–Kier alpha value is -0.610. The van der Waals surface area contributed by atoms with E-state index < -0.39 is 0 Å². The monoisotopic (exact) mass is 283 g/mol. The third-order valence-electron chi connectivity index (χ3n) is 4.82. The van der Waals surface area contributed by atoms with Gasteiger partial charge in [0.15, 0.2) is 0 Å². The number of ether oxygens (including phenoxy) is 2. The molecule has 2 atom stereocenters. The lowest BCUT2D eigenvalue weighted by molar-refractivity contribution is -0.147. The van der Waals surface area contributed by atoms with E-state index in [0.29, 0.717) is 24.1 Å². The van der Waals surface area contributed by atoms with Gasteiger partial charge in [-0.3, -0.25) is 4.79 Å². The van der Waals surface area contributed by atoms with Crippen molar-refractivity contribution in [2.75, 3.05) is 13.7 Å². The number of hydrogen-bond acceptors (Lipinski definition) is 4. The van der Waals surface area contributed by atoms with Crippen molar-refractivity contribution in [3.63, 3.8) is 0 Å². The lowest BCUT2D eigenvalue weighted by Crippen LogP contribution is -2.37. The molecule has 116 valence electrons. The molecule has 0 bridgehead atoms. The van der Waals surface area contributed by atoms with Crippen molar-refractivity contribution in [1.82, 2.24) is 5.32 Å². The summed E-state index contributed by atoms with van der Waals surface area (Å²) in [5.74, 6) is 0.742. The molecule has 1 saturated carbocycles. The Morgan fingerprint density at radius 1 is 1.15 bits per heavy atom. The highest BCUT2D eigenvalue weighted by Gasteiger charge is 2.29. The van der Waals surface area contributed by atoms with E-state index in [1.807, 2.05) is 0 Å². The zero-order valence-corrected chi connectivity index (χ0v) is 13.1.